The van der Waals surface area contributed by atoms with Crippen LogP contribution in [0.4, 0.5) is 32.0 Å². The number of sulfonamides is 1. The molecular weight excluding hydrogens is 551 g/mol. The average molecular weight is 568 g/mol. The fourth-order valence-electron chi connectivity index (χ4n) is 3.22. The third-order valence-electron chi connectivity index (χ3n) is 4.71. The maximum Gasteiger partial charge on any atom is 0.422 e. The summed E-state index contributed by atoms with van der Waals surface area (Å²) in [5.74, 6) is -1.18. The third-order valence-corrected chi connectivity index (χ3v) is 7.18. The number of pyridine rings is 1. The molecule has 1 aromatic carbocycles. The van der Waals surface area contributed by atoms with Crippen LogP contribution in [0.5, 0.6) is 11.5 Å². The van der Waals surface area contributed by atoms with Gasteiger partial charge in [0.2, 0.25) is 10.0 Å². The van der Waals surface area contributed by atoms with Crippen molar-refractivity contribution in [3.63, 3.8) is 0 Å². The van der Waals surface area contributed by atoms with Crippen LogP contribution in [0.25, 0.3) is 0 Å². The number of ether oxygens (including phenoxy) is 2. The number of aromatic nitrogens is 1. The molecule has 1 saturated heterocycles. The molecule has 16 heteroatoms. The summed E-state index contributed by atoms with van der Waals surface area (Å²) < 4.78 is 112. The first-order valence-electron chi connectivity index (χ1n) is 9.74. The van der Waals surface area contributed by atoms with Crippen LogP contribution in [0.2, 0.25) is 10.0 Å². The van der Waals surface area contributed by atoms with E-state index in [-0.39, 0.29) is 36.2 Å². The molecule has 7 nitrogen and oxygen atoms in total. The van der Waals surface area contributed by atoms with Gasteiger partial charge in [-0.2, -0.15) is 30.6 Å². The summed E-state index contributed by atoms with van der Waals surface area (Å²) in [6.45, 7) is -3.53. The molecule has 0 saturated carbocycles. The zero-order valence-electron chi connectivity index (χ0n) is 17.5. The van der Waals surface area contributed by atoms with E-state index in [2.05, 4.69) is 14.5 Å². The second-order valence-corrected chi connectivity index (χ2v) is 9.98. The minimum atomic E-state index is -4.78. The minimum absolute atomic E-state index is 0.117. The van der Waals surface area contributed by atoms with Crippen molar-refractivity contribution in [2.24, 2.45) is 0 Å². The SMILES string of the molecule is O=S(=O)(c1cc(OCC(F)(F)F)ccc1OCC(F)(F)F)N1CCN(c2c(Cl)cncc2Cl)CC1. The van der Waals surface area contributed by atoms with Crippen LogP contribution in [-0.2, 0) is 10.0 Å². The maximum atomic E-state index is 13.3. The number of hydrogen-bond donors (Lipinski definition) is 0. The van der Waals surface area contributed by atoms with Crippen LogP contribution in [0, 0.1) is 0 Å². The largest absolute Gasteiger partial charge is 0.484 e. The Morgan fingerprint density at radius 1 is 0.886 bits per heavy atom. The second kappa shape index (κ2) is 10.4. The summed E-state index contributed by atoms with van der Waals surface area (Å²) in [4.78, 5) is 4.80. The van der Waals surface area contributed by atoms with E-state index < -0.39 is 52.0 Å². The number of rotatable bonds is 7. The van der Waals surface area contributed by atoms with E-state index in [4.69, 9.17) is 23.2 Å². The Morgan fingerprint density at radius 2 is 1.43 bits per heavy atom. The van der Waals surface area contributed by atoms with Gasteiger partial charge in [-0.15, -0.1) is 0 Å². The molecule has 0 radical (unpaired) electrons. The molecule has 0 N–H and O–H groups in total. The van der Waals surface area contributed by atoms with Crippen molar-refractivity contribution in [2.45, 2.75) is 17.2 Å². The molecule has 2 heterocycles. The van der Waals surface area contributed by atoms with Crippen LogP contribution < -0.4 is 14.4 Å². The Hall–Kier alpha value is -2.16. The van der Waals surface area contributed by atoms with E-state index >= 15 is 0 Å². The number of anilines is 1. The van der Waals surface area contributed by atoms with E-state index in [0.29, 0.717) is 11.8 Å². The molecule has 194 valence electrons. The van der Waals surface area contributed by atoms with Gasteiger partial charge in [0.15, 0.2) is 13.2 Å². The standard InChI is InChI=1S/C19H17Cl2F6N3O4S/c20-13-8-28-9-14(21)17(13)29-3-5-30(6-4-29)35(31,32)16-7-12(33-10-18(22,23)24)1-2-15(16)34-11-19(25,26)27/h1-2,7-9H,3-6,10-11H2. The highest BCUT2D eigenvalue weighted by Gasteiger charge is 2.35. The summed E-state index contributed by atoms with van der Waals surface area (Å²) in [6, 6.07) is 2.41. The number of hydrogen-bond acceptors (Lipinski definition) is 6. The van der Waals surface area contributed by atoms with Gasteiger partial charge in [0, 0.05) is 44.6 Å². The van der Waals surface area contributed by atoms with Crippen LogP contribution >= 0.6 is 23.2 Å². The Labute approximate surface area is 206 Å². The summed E-state index contributed by atoms with van der Waals surface area (Å²) in [5.41, 5.74) is 0.442. The molecule has 3 rings (SSSR count). The number of alkyl halides is 6. The lowest BCUT2D eigenvalue weighted by atomic mass is 10.3. The van der Waals surface area contributed by atoms with Crippen LogP contribution in [-0.4, -0.2) is 69.5 Å². The fraction of sp³-hybridized carbons (Fsp3) is 0.421. The van der Waals surface area contributed by atoms with Crippen LogP contribution in [0.15, 0.2) is 35.5 Å². The monoisotopic (exact) mass is 567 g/mol. The molecule has 35 heavy (non-hydrogen) atoms. The van der Waals surface area contributed by atoms with Crippen molar-refractivity contribution in [2.75, 3.05) is 44.3 Å². The van der Waals surface area contributed by atoms with Gasteiger partial charge in [-0.3, -0.25) is 4.98 Å². The maximum absolute atomic E-state index is 13.3. The third kappa shape index (κ3) is 7.18. The Bertz CT molecular complexity index is 1140. The predicted molar refractivity (Wildman–Crippen MR) is 115 cm³/mol. The highest BCUT2D eigenvalue weighted by atomic mass is 35.5. The van der Waals surface area contributed by atoms with Gasteiger partial charge in [0.1, 0.15) is 16.4 Å². The number of halogens is 8. The van der Waals surface area contributed by atoms with E-state index in [1.165, 1.54) is 12.4 Å². The Kier molecular flexibility index (Phi) is 8.19. The van der Waals surface area contributed by atoms with Gasteiger partial charge in [0.05, 0.1) is 15.7 Å². The van der Waals surface area contributed by atoms with Gasteiger partial charge in [-0.25, -0.2) is 8.42 Å². The van der Waals surface area contributed by atoms with Crippen molar-refractivity contribution in [3.05, 3.63) is 40.6 Å². The van der Waals surface area contributed by atoms with Crippen molar-refractivity contribution in [1.82, 2.24) is 9.29 Å². The Balaban J connectivity index is 1.86. The lowest BCUT2D eigenvalue weighted by Crippen LogP contribution is -2.49. The molecule has 0 unspecified atom stereocenters. The average Bonchev–Trinajstić information content (AvgIpc) is 2.76. The molecule has 1 aromatic heterocycles. The first kappa shape index (κ1) is 27.4. The topological polar surface area (TPSA) is 72.0 Å². The smallest absolute Gasteiger partial charge is 0.422 e. The molecule has 0 atom stereocenters. The van der Waals surface area contributed by atoms with E-state index in [1.54, 1.807) is 4.90 Å². The lowest BCUT2D eigenvalue weighted by Gasteiger charge is -2.36. The van der Waals surface area contributed by atoms with E-state index in [1.807, 2.05) is 0 Å². The van der Waals surface area contributed by atoms with Gasteiger partial charge in [-0.05, 0) is 12.1 Å². The van der Waals surface area contributed by atoms with E-state index in [0.717, 1.165) is 16.4 Å². The van der Waals surface area contributed by atoms with Crippen LogP contribution in [0.3, 0.4) is 0 Å². The highest BCUT2D eigenvalue weighted by molar-refractivity contribution is 7.89. The zero-order valence-corrected chi connectivity index (χ0v) is 19.9. The van der Waals surface area contributed by atoms with Gasteiger partial charge in [0.25, 0.3) is 0 Å². The molecule has 0 amide bonds. The number of piperazine rings is 1. The van der Waals surface area contributed by atoms with Crippen molar-refractivity contribution >= 4 is 38.9 Å². The van der Waals surface area contributed by atoms with Crippen molar-refractivity contribution < 1.29 is 44.2 Å². The van der Waals surface area contributed by atoms with Crippen LogP contribution in [0.1, 0.15) is 0 Å². The molecule has 1 aliphatic heterocycles. The first-order chi connectivity index (χ1) is 16.2. The molecule has 0 spiro atoms. The zero-order chi connectivity index (χ0) is 26.0. The molecular formula is C19H17Cl2F6N3O4S. The lowest BCUT2D eigenvalue weighted by molar-refractivity contribution is -0.154. The molecule has 1 aliphatic rings. The summed E-state index contributed by atoms with van der Waals surface area (Å²) in [7, 11) is -4.49. The summed E-state index contributed by atoms with van der Waals surface area (Å²) in [6.07, 6.45) is -6.76. The molecule has 0 aliphatic carbocycles. The van der Waals surface area contributed by atoms with Gasteiger partial charge < -0.3 is 14.4 Å². The first-order valence-corrected chi connectivity index (χ1v) is 11.9. The summed E-state index contributed by atoms with van der Waals surface area (Å²) >= 11 is 12.3. The van der Waals surface area contributed by atoms with Crippen molar-refractivity contribution in [1.29, 1.82) is 0 Å². The number of nitrogens with zero attached hydrogens (tertiary/aromatic N) is 3. The van der Waals surface area contributed by atoms with E-state index in [9.17, 15) is 34.8 Å². The van der Waals surface area contributed by atoms with Gasteiger partial charge in [-0.1, -0.05) is 23.2 Å². The normalized spacial score (nSPS) is 15.8. The molecule has 1 fully saturated rings. The second-order valence-electron chi connectivity index (χ2n) is 7.26. The Morgan fingerprint density at radius 3 is 1.97 bits per heavy atom. The van der Waals surface area contributed by atoms with Gasteiger partial charge >= 0.3 is 12.4 Å². The number of benzene rings is 1. The minimum Gasteiger partial charge on any atom is -0.484 e. The predicted octanol–water partition coefficient (Wildman–Crippen LogP) is 4.78. The summed E-state index contributed by atoms with van der Waals surface area (Å²) in [5, 5.41) is 0.484. The molecule has 2 aromatic rings. The fourth-order valence-corrected chi connectivity index (χ4v) is 5.39. The highest BCUT2D eigenvalue weighted by Crippen LogP contribution is 2.36. The quantitative estimate of drug-likeness (QED) is 0.448. The van der Waals surface area contributed by atoms with Crippen molar-refractivity contribution in [3.8, 4) is 11.5 Å². The molecule has 0 bridgehead atoms.